The molecule has 2 rings (SSSR count). The maximum absolute atomic E-state index is 11.3. The largest absolute Gasteiger partial charge is 0.478 e. The quantitative estimate of drug-likeness (QED) is 0.856. The summed E-state index contributed by atoms with van der Waals surface area (Å²) in [6.45, 7) is 7.19. The predicted molar refractivity (Wildman–Crippen MR) is 75.8 cm³/mol. The molecule has 0 fully saturated rings. The van der Waals surface area contributed by atoms with Crippen LogP contribution in [0.25, 0.3) is 0 Å². The first kappa shape index (κ1) is 13.8. The van der Waals surface area contributed by atoms with Gasteiger partial charge in [-0.05, 0) is 42.7 Å². The van der Waals surface area contributed by atoms with Crippen LogP contribution in [-0.4, -0.2) is 22.6 Å². The number of fused-ring (bicyclic) bond motifs is 1. The fourth-order valence-electron chi connectivity index (χ4n) is 2.22. The summed E-state index contributed by atoms with van der Waals surface area (Å²) in [5.74, 6) is -0.381. The normalized spacial score (nSPS) is 14.3. The van der Waals surface area contributed by atoms with Crippen molar-refractivity contribution in [3.05, 3.63) is 22.9 Å². The lowest BCUT2D eigenvalue weighted by Crippen LogP contribution is -2.23. The van der Waals surface area contributed by atoms with Crippen molar-refractivity contribution in [1.82, 2.24) is 4.98 Å². The maximum Gasteiger partial charge on any atom is 0.339 e. The zero-order valence-electron chi connectivity index (χ0n) is 11.9. The van der Waals surface area contributed by atoms with Crippen LogP contribution in [0.15, 0.2) is 6.07 Å². The number of hydrogen-bond donors (Lipinski definition) is 2. The molecule has 1 aromatic rings. The van der Waals surface area contributed by atoms with Gasteiger partial charge in [0, 0.05) is 12.2 Å². The fourth-order valence-corrected chi connectivity index (χ4v) is 2.22. The molecule has 1 heterocycles. The Hall–Kier alpha value is -1.58. The number of aryl methyl sites for hydroxylation is 2. The van der Waals surface area contributed by atoms with E-state index in [0.29, 0.717) is 11.4 Å². The minimum Gasteiger partial charge on any atom is -0.478 e. The Morgan fingerprint density at radius 1 is 1.47 bits per heavy atom. The number of nitrogens with zero attached hydrogens (tertiary/aromatic N) is 1. The van der Waals surface area contributed by atoms with E-state index in [4.69, 9.17) is 0 Å². The molecule has 0 saturated carbocycles. The lowest BCUT2D eigenvalue weighted by molar-refractivity contribution is 0.0697. The highest BCUT2D eigenvalue weighted by molar-refractivity contribution is 5.93. The van der Waals surface area contributed by atoms with E-state index in [1.165, 1.54) is 0 Å². The van der Waals surface area contributed by atoms with E-state index in [1.807, 2.05) is 0 Å². The molecule has 104 valence electrons. The van der Waals surface area contributed by atoms with Crippen molar-refractivity contribution in [3.63, 3.8) is 0 Å². The lowest BCUT2D eigenvalue weighted by atomic mass is 9.90. The monoisotopic (exact) mass is 262 g/mol. The van der Waals surface area contributed by atoms with Crippen molar-refractivity contribution < 1.29 is 9.90 Å². The summed E-state index contributed by atoms with van der Waals surface area (Å²) in [6.07, 6.45) is 4.02. The van der Waals surface area contributed by atoms with Crippen LogP contribution in [0.1, 0.15) is 55.2 Å². The number of rotatable bonds is 5. The van der Waals surface area contributed by atoms with Crippen molar-refractivity contribution in [2.24, 2.45) is 5.41 Å². The van der Waals surface area contributed by atoms with Crippen LogP contribution in [-0.2, 0) is 12.8 Å². The van der Waals surface area contributed by atoms with Gasteiger partial charge in [0.2, 0.25) is 0 Å². The van der Waals surface area contributed by atoms with Crippen LogP contribution in [0.2, 0.25) is 0 Å². The van der Waals surface area contributed by atoms with Gasteiger partial charge in [0.25, 0.3) is 0 Å². The third-order valence-electron chi connectivity index (χ3n) is 3.97. The number of hydrogen-bond acceptors (Lipinski definition) is 3. The van der Waals surface area contributed by atoms with Gasteiger partial charge in [-0.25, -0.2) is 9.78 Å². The molecule has 0 spiro atoms. The average Bonchev–Trinajstić information content (AvgIpc) is 2.82. The summed E-state index contributed by atoms with van der Waals surface area (Å²) < 4.78 is 0. The highest BCUT2D eigenvalue weighted by Crippen LogP contribution is 2.27. The van der Waals surface area contributed by atoms with E-state index in [1.54, 1.807) is 6.07 Å². The Bertz CT molecular complexity index is 495. The number of carbonyl (C=O) groups is 1. The van der Waals surface area contributed by atoms with Gasteiger partial charge in [-0.3, -0.25) is 0 Å². The Balaban J connectivity index is 2.26. The molecule has 4 heteroatoms. The van der Waals surface area contributed by atoms with Crippen molar-refractivity contribution in [2.45, 2.75) is 46.5 Å². The third-order valence-corrected chi connectivity index (χ3v) is 3.97. The summed E-state index contributed by atoms with van der Waals surface area (Å²) in [7, 11) is 0. The summed E-state index contributed by atoms with van der Waals surface area (Å²) in [4.78, 5) is 15.9. The third kappa shape index (κ3) is 3.06. The van der Waals surface area contributed by atoms with Crippen molar-refractivity contribution in [2.75, 3.05) is 11.9 Å². The Kier molecular flexibility index (Phi) is 3.78. The van der Waals surface area contributed by atoms with Crippen LogP contribution in [0, 0.1) is 5.41 Å². The second-order valence-corrected chi connectivity index (χ2v) is 6.02. The van der Waals surface area contributed by atoms with Crippen molar-refractivity contribution in [1.29, 1.82) is 0 Å². The average molecular weight is 262 g/mol. The minimum absolute atomic E-state index is 0.135. The number of anilines is 1. The molecule has 4 nitrogen and oxygen atoms in total. The number of pyridine rings is 1. The molecule has 19 heavy (non-hydrogen) atoms. The Morgan fingerprint density at radius 2 is 2.21 bits per heavy atom. The standard InChI is InChI=1S/C15H22N2O2/c1-4-15(2,3)9-16-13-11(14(18)19)8-10-6-5-7-12(10)17-13/h8H,4-7,9H2,1-3H3,(H,16,17)(H,18,19). The second kappa shape index (κ2) is 5.19. The van der Waals surface area contributed by atoms with Crippen LogP contribution in [0.5, 0.6) is 0 Å². The first-order chi connectivity index (χ1) is 8.93. The van der Waals surface area contributed by atoms with Crippen LogP contribution < -0.4 is 5.32 Å². The molecule has 1 aliphatic carbocycles. The molecule has 0 bridgehead atoms. The number of carboxylic acid groups (broad SMARTS) is 1. The summed E-state index contributed by atoms with van der Waals surface area (Å²) in [5.41, 5.74) is 2.59. The molecule has 0 unspecified atom stereocenters. The molecular formula is C15H22N2O2. The van der Waals surface area contributed by atoms with Gasteiger partial charge >= 0.3 is 5.97 Å². The van der Waals surface area contributed by atoms with Gasteiger partial charge in [0.05, 0.1) is 0 Å². The first-order valence-electron chi connectivity index (χ1n) is 6.93. The zero-order valence-corrected chi connectivity index (χ0v) is 11.9. The van der Waals surface area contributed by atoms with E-state index in [0.717, 1.165) is 43.5 Å². The predicted octanol–water partition coefficient (Wildman–Crippen LogP) is 3.12. The molecule has 0 aromatic carbocycles. The summed E-state index contributed by atoms with van der Waals surface area (Å²) in [6, 6.07) is 1.79. The van der Waals surface area contributed by atoms with Gasteiger partial charge in [0.15, 0.2) is 0 Å². The maximum atomic E-state index is 11.3. The van der Waals surface area contributed by atoms with E-state index in [-0.39, 0.29) is 5.41 Å². The topological polar surface area (TPSA) is 62.2 Å². The molecule has 0 aliphatic heterocycles. The van der Waals surface area contributed by atoms with Gasteiger partial charge in [0.1, 0.15) is 11.4 Å². The minimum atomic E-state index is -0.904. The van der Waals surface area contributed by atoms with Gasteiger partial charge in [-0.1, -0.05) is 20.8 Å². The Morgan fingerprint density at radius 3 is 2.84 bits per heavy atom. The molecule has 1 aliphatic rings. The molecule has 0 radical (unpaired) electrons. The Labute approximate surface area is 114 Å². The summed E-state index contributed by atoms with van der Waals surface area (Å²) >= 11 is 0. The van der Waals surface area contributed by atoms with Gasteiger partial charge in [-0.2, -0.15) is 0 Å². The number of aromatic nitrogens is 1. The number of nitrogens with one attached hydrogen (secondary N) is 1. The molecule has 0 atom stereocenters. The van der Waals surface area contributed by atoms with Gasteiger partial charge in [-0.15, -0.1) is 0 Å². The fraction of sp³-hybridized carbons (Fsp3) is 0.600. The smallest absolute Gasteiger partial charge is 0.339 e. The van der Waals surface area contributed by atoms with Crippen LogP contribution >= 0.6 is 0 Å². The lowest BCUT2D eigenvalue weighted by Gasteiger charge is -2.24. The summed E-state index contributed by atoms with van der Waals surface area (Å²) in [5, 5.41) is 12.5. The van der Waals surface area contributed by atoms with E-state index < -0.39 is 5.97 Å². The number of carboxylic acids is 1. The van der Waals surface area contributed by atoms with E-state index >= 15 is 0 Å². The number of aromatic carboxylic acids is 1. The van der Waals surface area contributed by atoms with E-state index in [2.05, 4.69) is 31.1 Å². The van der Waals surface area contributed by atoms with Crippen molar-refractivity contribution >= 4 is 11.8 Å². The molecule has 0 amide bonds. The highest BCUT2D eigenvalue weighted by atomic mass is 16.4. The van der Waals surface area contributed by atoms with Gasteiger partial charge < -0.3 is 10.4 Å². The molecular weight excluding hydrogens is 240 g/mol. The van der Waals surface area contributed by atoms with Crippen LogP contribution in [0.3, 0.4) is 0 Å². The van der Waals surface area contributed by atoms with E-state index in [9.17, 15) is 9.90 Å². The SMILES string of the molecule is CCC(C)(C)CNc1nc2c(cc1C(=O)O)CCC2. The second-order valence-electron chi connectivity index (χ2n) is 6.02. The van der Waals surface area contributed by atoms with Crippen LogP contribution in [0.4, 0.5) is 5.82 Å². The zero-order chi connectivity index (χ0) is 14.0. The molecule has 2 N–H and O–H groups in total. The highest BCUT2D eigenvalue weighted by Gasteiger charge is 2.21. The molecule has 1 aromatic heterocycles. The van der Waals surface area contributed by atoms with Crippen molar-refractivity contribution in [3.8, 4) is 0 Å². The molecule has 0 saturated heterocycles. The first-order valence-corrected chi connectivity index (χ1v) is 6.93.